The maximum atomic E-state index is 5.72. The van der Waals surface area contributed by atoms with Gasteiger partial charge in [-0.25, -0.2) is 4.98 Å². The Kier molecular flexibility index (Phi) is 2.97. The van der Waals surface area contributed by atoms with Crippen LogP contribution in [0.2, 0.25) is 0 Å². The first-order valence-corrected chi connectivity index (χ1v) is 5.65. The van der Waals surface area contributed by atoms with E-state index in [1.165, 1.54) is 5.57 Å². The fourth-order valence-corrected chi connectivity index (χ4v) is 1.62. The molecule has 3 heteroatoms. The summed E-state index contributed by atoms with van der Waals surface area (Å²) in [6.07, 6.45) is 10.0. The quantitative estimate of drug-likeness (QED) is 0.848. The second-order valence-electron chi connectivity index (χ2n) is 4.78. The minimum Gasteiger partial charge on any atom is -0.445 e. The maximum Gasteiger partial charge on any atom is 0.222 e. The predicted octanol–water partition coefficient (Wildman–Crippen LogP) is 2.64. The van der Waals surface area contributed by atoms with Gasteiger partial charge in [-0.05, 0) is 12.8 Å². The number of oxazole rings is 1. The molecule has 1 aliphatic rings. The highest BCUT2D eigenvalue weighted by atomic mass is 16.3. The first-order valence-electron chi connectivity index (χ1n) is 5.65. The van der Waals surface area contributed by atoms with Gasteiger partial charge in [-0.15, -0.1) is 0 Å². The lowest BCUT2D eigenvalue weighted by molar-refractivity contribution is 0.507. The average Bonchev–Trinajstić information content (AvgIpc) is 2.80. The van der Waals surface area contributed by atoms with Crippen molar-refractivity contribution in [2.24, 2.45) is 5.73 Å². The first-order chi connectivity index (χ1) is 7.63. The molecule has 1 aromatic heterocycles. The molecule has 0 aromatic carbocycles. The molecule has 1 aliphatic carbocycles. The van der Waals surface area contributed by atoms with Crippen molar-refractivity contribution >= 4 is 5.57 Å². The molecule has 0 bridgehead atoms. The Morgan fingerprint density at radius 1 is 1.50 bits per heavy atom. The summed E-state index contributed by atoms with van der Waals surface area (Å²) in [6, 6.07) is 0. The van der Waals surface area contributed by atoms with Crippen molar-refractivity contribution in [1.29, 1.82) is 0 Å². The molecule has 0 atom stereocenters. The molecule has 1 aromatic rings. The third-order valence-electron chi connectivity index (χ3n) is 3.00. The Hall–Kier alpha value is -1.35. The van der Waals surface area contributed by atoms with Crippen molar-refractivity contribution < 1.29 is 4.42 Å². The van der Waals surface area contributed by atoms with Crippen LogP contribution < -0.4 is 5.73 Å². The van der Waals surface area contributed by atoms with Crippen molar-refractivity contribution in [2.75, 3.05) is 6.54 Å². The van der Waals surface area contributed by atoms with Crippen molar-refractivity contribution in [3.8, 4) is 0 Å². The zero-order valence-electron chi connectivity index (χ0n) is 9.86. The summed E-state index contributed by atoms with van der Waals surface area (Å²) < 4.78 is 5.52. The van der Waals surface area contributed by atoms with Crippen molar-refractivity contribution in [2.45, 2.75) is 32.1 Å². The number of nitrogens with two attached hydrogens (primary N) is 1. The van der Waals surface area contributed by atoms with E-state index in [1.807, 2.05) is 0 Å². The Morgan fingerprint density at radius 2 is 2.31 bits per heavy atom. The van der Waals surface area contributed by atoms with E-state index in [-0.39, 0.29) is 5.41 Å². The third-order valence-corrected chi connectivity index (χ3v) is 3.00. The highest BCUT2D eigenvalue weighted by Crippen LogP contribution is 2.27. The van der Waals surface area contributed by atoms with Gasteiger partial charge in [0.2, 0.25) is 5.89 Å². The molecule has 16 heavy (non-hydrogen) atoms. The van der Waals surface area contributed by atoms with Crippen LogP contribution in [0, 0.1) is 0 Å². The van der Waals surface area contributed by atoms with E-state index in [9.17, 15) is 0 Å². The molecule has 0 aliphatic heterocycles. The smallest absolute Gasteiger partial charge is 0.222 e. The minimum atomic E-state index is -0.118. The fraction of sp³-hybridized carbons (Fsp3) is 0.462. The number of allylic oxidation sites excluding steroid dienone is 4. The van der Waals surface area contributed by atoms with Crippen LogP contribution in [-0.2, 0) is 5.41 Å². The molecule has 0 radical (unpaired) electrons. The highest BCUT2D eigenvalue weighted by molar-refractivity contribution is 5.62. The Labute approximate surface area is 96.0 Å². The highest BCUT2D eigenvalue weighted by Gasteiger charge is 2.23. The molecule has 1 heterocycles. The third kappa shape index (κ3) is 2.09. The molecule has 0 amide bonds. The molecule has 0 saturated heterocycles. The Balaban J connectivity index is 2.26. The van der Waals surface area contributed by atoms with Crippen LogP contribution in [0.3, 0.4) is 0 Å². The molecule has 0 unspecified atom stereocenters. The maximum absolute atomic E-state index is 5.72. The second kappa shape index (κ2) is 4.26. The summed E-state index contributed by atoms with van der Waals surface area (Å²) in [5.74, 6) is 0.737. The molecule has 86 valence electrons. The van der Waals surface area contributed by atoms with Gasteiger partial charge in [0.05, 0.1) is 5.69 Å². The van der Waals surface area contributed by atoms with Gasteiger partial charge in [0.15, 0.2) is 0 Å². The topological polar surface area (TPSA) is 52.0 Å². The predicted molar refractivity (Wildman–Crippen MR) is 64.9 cm³/mol. The zero-order valence-corrected chi connectivity index (χ0v) is 9.86. The van der Waals surface area contributed by atoms with Gasteiger partial charge in [0.1, 0.15) is 6.26 Å². The lowest BCUT2D eigenvalue weighted by Gasteiger charge is -2.18. The van der Waals surface area contributed by atoms with Gasteiger partial charge >= 0.3 is 0 Å². The molecule has 3 nitrogen and oxygen atoms in total. The van der Waals surface area contributed by atoms with Crippen LogP contribution in [0.5, 0.6) is 0 Å². The number of hydrogen-bond acceptors (Lipinski definition) is 3. The van der Waals surface area contributed by atoms with E-state index in [2.05, 4.69) is 37.1 Å². The Bertz CT molecular complexity index is 427. The monoisotopic (exact) mass is 218 g/mol. The molecular weight excluding hydrogens is 200 g/mol. The van der Waals surface area contributed by atoms with Crippen LogP contribution in [-0.4, -0.2) is 11.5 Å². The summed E-state index contributed by atoms with van der Waals surface area (Å²) in [5.41, 5.74) is 7.70. The molecular formula is C13H18N2O. The largest absolute Gasteiger partial charge is 0.445 e. The molecule has 2 N–H and O–H groups in total. The lowest BCUT2D eigenvalue weighted by Crippen LogP contribution is -2.28. The van der Waals surface area contributed by atoms with Crippen LogP contribution >= 0.6 is 0 Å². The molecule has 2 rings (SSSR count). The van der Waals surface area contributed by atoms with Crippen molar-refractivity contribution in [3.63, 3.8) is 0 Å². The number of aromatic nitrogens is 1. The van der Waals surface area contributed by atoms with Crippen molar-refractivity contribution in [3.05, 3.63) is 36.1 Å². The second-order valence-corrected chi connectivity index (χ2v) is 4.78. The summed E-state index contributed by atoms with van der Waals surface area (Å²) >= 11 is 0. The van der Waals surface area contributed by atoms with Gasteiger partial charge in [-0.3, -0.25) is 0 Å². The van der Waals surface area contributed by atoms with E-state index in [0.29, 0.717) is 6.54 Å². The molecule has 0 spiro atoms. The molecule has 0 saturated carbocycles. The van der Waals surface area contributed by atoms with E-state index in [1.54, 1.807) is 6.26 Å². The molecule has 0 fully saturated rings. The van der Waals surface area contributed by atoms with Crippen LogP contribution in [0.4, 0.5) is 0 Å². The average molecular weight is 218 g/mol. The van der Waals surface area contributed by atoms with E-state index in [4.69, 9.17) is 10.2 Å². The first kappa shape index (κ1) is 11.1. The van der Waals surface area contributed by atoms with Gasteiger partial charge < -0.3 is 10.2 Å². The summed E-state index contributed by atoms with van der Waals surface area (Å²) in [7, 11) is 0. The standard InChI is InChI=1S/C13H18N2O/c1-13(2,9-14)11-8-16-12(15-11)10-6-4-3-5-7-10/h3-4,6,8H,5,7,9,14H2,1-2H3. The van der Waals surface area contributed by atoms with Gasteiger partial charge in [0, 0.05) is 17.5 Å². The summed E-state index contributed by atoms with van der Waals surface area (Å²) in [4.78, 5) is 4.53. The van der Waals surface area contributed by atoms with E-state index in [0.717, 1.165) is 24.4 Å². The minimum absolute atomic E-state index is 0.118. The SMILES string of the molecule is CC(C)(CN)c1coc(C2=CC=CCC2)n1. The summed E-state index contributed by atoms with van der Waals surface area (Å²) in [5, 5.41) is 0. The normalized spacial score (nSPS) is 16.3. The lowest BCUT2D eigenvalue weighted by atomic mass is 9.90. The van der Waals surface area contributed by atoms with Crippen molar-refractivity contribution in [1.82, 2.24) is 4.98 Å². The van der Waals surface area contributed by atoms with E-state index >= 15 is 0 Å². The van der Waals surface area contributed by atoms with Gasteiger partial charge in [0.25, 0.3) is 0 Å². The zero-order chi connectivity index (χ0) is 11.6. The number of hydrogen-bond donors (Lipinski definition) is 1. The Morgan fingerprint density at radius 3 is 2.94 bits per heavy atom. The van der Waals surface area contributed by atoms with Gasteiger partial charge in [-0.2, -0.15) is 0 Å². The number of nitrogens with zero attached hydrogens (tertiary/aromatic N) is 1. The van der Waals surface area contributed by atoms with Crippen LogP contribution in [0.15, 0.2) is 28.9 Å². The number of rotatable bonds is 3. The van der Waals surface area contributed by atoms with Gasteiger partial charge in [-0.1, -0.05) is 32.1 Å². The van der Waals surface area contributed by atoms with Crippen LogP contribution in [0.25, 0.3) is 5.57 Å². The fourth-order valence-electron chi connectivity index (χ4n) is 1.62. The van der Waals surface area contributed by atoms with E-state index < -0.39 is 0 Å². The summed E-state index contributed by atoms with van der Waals surface area (Å²) in [6.45, 7) is 4.71. The van der Waals surface area contributed by atoms with Crippen LogP contribution in [0.1, 0.15) is 38.3 Å².